The average Bonchev–Trinajstić information content (AvgIpc) is 2.32. The van der Waals surface area contributed by atoms with Crippen LogP contribution in [0.15, 0.2) is 24.3 Å². The lowest BCUT2D eigenvalue weighted by Crippen LogP contribution is -2.53. The first-order chi connectivity index (χ1) is 8.59. The number of benzene rings is 1. The van der Waals surface area contributed by atoms with Gasteiger partial charge in [-0.25, -0.2) is 9.18 Å². The van der Waals surface area contributed by atoms with E-state index in [0.717, 1.165) is 25.9 Å². The number of anilines is 1. The molecule has 0 bridgehead atoms. The van der Waals surface area contributed by atoms with Gasteiger partial charge in [0.1, 0.15) is 5.82 Å². The Morgan fingerprint density at radius 3 is 2.67 bits per heavy atom. The van der Waals surface area contributed by atoms with Crippen molar-refractivity contribution in [3.8, 4) is 0 Å². The monoisotopic (exact) mass is 251 g/mol. The number of urea groups is 1. The Labute approximate surface area is 106 Å². The number of rotatable bonds is 2. The van der Waals surface area contributed by atoms with Gasteiger partial charge >= 0.3 is 6.03 Å². The molecular weight excluding hydrogens is 233 g/mol. The van der Waals surface area contributed by atoms with Crippen LogP contribution in [0.4, 0.5) is 14.9 Å². The highest BCUT2D eigenvalue weighted by Crippen LogP contribution is 2.18. The van der Waals surface area contributed by atoms with Crippen LogP contribution in [0.25, 0.3) is 0 Å². The van der Waals surface area contributed by atoms with Crippen molar-refractivity contribution in [3.63, 3.8) is 0 Å². The van der Waals surface area contributed by atoms with E-state index in [4.69, 9.17) is 0 Å². The van der Waals surface area contributed by atoms with Gasteiger partial charge in [0.05, 0.1) is 5.69 Å². The SMILES string of the molecule is CC1(NC(=O)Nc2ccccc2F)CCNCC1. The largest absolute Gasteiger partial charge is 0.333 e. The smallest absolute Gasteiger partial charge is 0.319 e. The molecule has 0 unspecified atom stereocenters. The lowest BCUT2D eigenvalue weighted by Gasteiger charge is -2.34. The van der Waals surface area contributed by atoms with Crippen LogP contribution in [0, 0.1) is 5.82 Å². The second kappa shape index (κ2) is 5.35. The number of amides is 2. The van der Waals surface area contributed by atoms with Gasteiger partial charge in [0.15, 0.2) is 0 Å². The van der Waals surface area contributed by atoms with Gasteiger partial charge in [0, 0.05) is 5.54 Å². The van der Waals surface area contributed by atoms with Gasteiger partial charge in [-0.2, -0.15) is 0 Å². The summed E-state index contributed by atoms with van der Waals surface area (Å²) in [6.07, 6.45) is 1.75. The predicted octanol–water partition coefficient (Wildman–Crippen LogP) is 2.09. The maximum atomic E-state index is 13.4. The normalized spacial score (nSPS) is 18.1. The molecule has 1 aliphatic rings. The predicted molar refractivity (Wildman–Crippen MR) is 69.1 cm³/mol. The summed E-state index contributed by atoms with van der Waals surface area (Å²) in [5.41, 5.74) is -0.0202. The van der Waals surface area contributed by atoms with Gasteiger partial charge in [-0.3, -0.25) is 0 Å². The van der Waals surface area contributed by atoms with Crippen LogP contribution < -0.4 is 16.0 Å². The fourth-order valence-electron chi connectivity index (χ4n) is 2.09. The Kier molecular flexibility index (Phi) is 3.81. The molecule has 0 saturated carbocycles. The zero-order chi connectivity index (χ0) is 13.0. The molecule has 1 fully saturated rings. The van der Waals surface area contributed by atoms with Crippen LogP contribution in [0.1, 0.15) is 19.8 Å². The molecule has 0 atom stereocenters. The van der Waals surface area contributed by atoms with E-state index in [1.54, 1.807) is 18.2 Å². The maximum absolute atomic E-state index is 13.4. The summed E-state index contributed by atoms with van der Waals surface area (Å²) in [6.45, 7) is 3.78. The molecule has 0 spiro atoms. The molecule has 98 valence electrons. The van der Waals surface area contributed by atoms with Crippen molar-refractivity contribution >= 4 is 11.7 Å². The lowest BCUT2D eigenvalue weighted by molar-refractivity contribution is 0.225. The quantitative estimate of drug-likeness (QED) is 0.754. The molecule has 18 heavy (non-hydrogen) atoms. The van der Waals surface area contributed by atoms with Gasteiger partial charge in [0.25, 0.3) is 0 Å². The number of nitrogens with one attached hydrogen (secondary N) is 3. The molecule has 3 N–H and O–H groups in total. The first-order valence-corrected chi connectivity index (χ1v) is 6.13. The van der Waals surface area contributed by atoms with Gasteiger partial charge in [-0.05, 0) is 45.0 Å². The summed E-state index contributed by atoms with van der Waals surface area (Å²) in [5, 5.41) is 8.69. The van der Waals surface area contributed by atoms with Crippen LogP contribution in [0.3, 0.4) is 0 Å². The molecule has 2 amide bonds. The summed E-state index contributed by atoms with van der Waals surface area (Å²) in [7, 11) is 0. The van der Waals surface area contributed by atoms with Gasteiger partial charge in [-0.15, -0.1) is 0 Å². The van der Waals surface area contributed by atoms with Crippen molar-refractivity contribution in [2.75, 3.05) is 18.4 Å². The molecule has 0 aromatic heterocycles. The third-order valence-corrected chi connectivity index (χ3v) is 3.24. The Balaban J connectivity index is 1.94. The fraction of sp³-hybridized carbons (Fsp3) is 0.462. The number of hydrogen-bond acceptors (Lipinski definition) is 2. The highest BCUT2D eigenvalue weighted by molar-refractivity contribution is 5.89. The minimum Gasteiger partial charge on any atom is -0.333 e. The molecule has 4 nitrogen and oxygen atoms in total. The molecule has 0 aliphatic carbocycles. The second-order valence-electron chi connectivity index (χ2n) is 4.87. The molecule has 5 heteroatoms. The molecule has 1 heterocycles. The molecule has 1 aliphatic heterocycles. The Morgan fingerprint density at radius 2 is 2.00 bits per heavy atom. The van der Waals surface area contributed by atoms with Gasteiger partial charge in [-0.1, -0.05) is 12.1 Å². The molecule has 1 saturated heterocycles. The van der Waals surface area contributed by atoms with Crippen molar-refractivity contribution in [1.29, 1.82) is 0 Å². The van der Waals surface area contributed by atoms with E-state index < -0.39 is 5.82 Å². The zero-order valence-corrected chi connectivity index (χ0v) is 10.4. The minimum atomic E-state index is -0.428. The van der Waals surface area contributed by atoms with Crippen molar-refractivity contribution in [2.45, 2.75) is 25.3 Å². The minimum absolute atomic E-state index is 0.201. The Bertz CT molecular complexity index is 430. The maximum Gasteiger partial charge on any atom is 0.319 e. The van der Waals surface area contributed by atoms with E-state index in [-0.39, 0.29) is 17.3 Å². The standard InChI is InChI=1S/C13H18FN3O/c1-13(6-8-15-9-7-13)17-12(18)16-11-5-3-2-4-10(11)14/h2-5,15H,6-9H2,1H3,(H2,16,17,18). The highest BCUT2D eigenvalue weighted by atomic mass is 19.1. The summed E-state index contributed by atoms with van der Waals surface area (Å²) in [5.74, 6) is -0.428. The molecule has 1 aromatic rings. The Hall–Kier alpha value is -1.62. The van der Waals surface area contributed by atoms with E-state index >= 15 is 0 Å². The van der Waals surface area contributed by atoms with Crippen LogP contribution in [-0.4, -0.2) is 24.7 Å². The second-order valence-corrected chi connectivity index (χ2v) is 4.87. The van der Waals surface area contributed by atoms with E-state index in [2.05, 4.69) is 16.0 Å². The zero-order valence-electron chi connectivity index (χ0n) is 10.4. The van der Waals surface area contributed by atoms with Crippen LogP contribution >= 0.6 is 0 Å². The first kappa shape index (κ1) is 12.8. The van der Waals surface area contributed by atoms with Crippen molar-refractivity contribution < 1.29 is 9.18 Å². The number of para-hydroxylation sites is 1. The third-order valence-electron chi connectivity index (χ3n) is 3.24. The van der Waals surface area contributed by atoms with Crippen molar-refractivity contribution in [3.05, 3.63) is 30.1 Å². The molecule has 0 radical (unpaired) electrons. The van der Waals surface area contributed by atoms with Crippen molar-refractivity contribution in [1.82, 2.24) is 10.6 Å². The highest BCUT2D eigenvalue weighted by Gasteiger charge is 2.28. The number of carbonyl (C=O) groups excluding carboxylic acids is 1. The molecule has 2 rings (SSSR count). The average molecular weight is 251 g/mol. The summed E-state index contributed by atoms with van der Waals surface area (Å²) >= 11 is 0. The molecule has 1 aromatic carbocycles. The topological polar surface area (TPSA) is 53.2 Å². The van der Waals surface area contributed by atoms with E-state index in [1.807, 2.05) is 6.92 Å². The number of piperidine rings is 1. The van der Waals surface area contributed by atoms with E-state index in [1.165, 1.54) is 6.07 Å². The third kappa shape index (κ3) is 3.20. The fourth-order valence-corrected chi connectivity index (χ4v) is 2.09. The summed E-state index contributed by atoms with van der Waals surface area (Å²) in [6, 6.07) is 5.78. The molecular formula is C13H18FN3O. The number of hydrogen-bond donors (Lipinski definition) is 3. The van der Waals surface area contributed by atoms with Crippen molar-refractivity contribution in [2.24, 2.45) is 0 Å². The van der Waals surface area contributed by atoms with Gasteiger partial charge < -0.3 is 16.0 Å². The van der Waals surface area contributed by atoms with Crippen LogP contribution in [0.5, 0.6) is 0 Å². The Morgan fingerprint density at radius 1 is 1.33 bits per heavy atom. The number of halogens is 1. The summed E-state index contributed by atoms with van der Waals surface area (Å²) < 4.78 is 13.4. The first-order valence-electron chi connectivity index (χ1n) is 6.13. The van der Waals surface area contributed by atoms with E-state index in [9.17, 15) is 9.18 Å². The number of carbonyl (C=O) groups is 1. The van der Waals surface area contributed by atoms with E-state index in [0.29, 0.717) is 0 Å². The van der Waals surface area contributed by atoms with Crippen LogP contribution in [-0.2, 0) is 0 Å². The van der Waals surface area contributed by atoms with Crippen LogP contribution in [0.2, 0.25) is 0 Å². The van der Waals surface area contributed by atoms with Gasteiger partial charge in [0.2, 0.25) is 0 Å². The summed E-state index contributed by atoms with van der Waals surface area (Å²) in [4.78, 5) is 11.8. The lowest BCUT2D eigenvalue weighted by atomic mass is 9.91.